The maximum absolute atomic E-state index is 12.5. The van der Waals surface area contributed by atoms with Crippen molar-refractivity contribution in [2.24, 2.45) is 7.05 Å². The number of carbonyl (C=O) groups excluding carboxylic acids is 2. The zero-order valence-electron chi connectivity index (χ0n) is 12.0. The molecule has 0 saturated heterocycles. The molecule has 1 aromatic carbocycles. The van der Waals surface area contributed by atoms with Gasteiger partial charge in [0.1, 0.15) is 5.69 Å². The lowest BCUT2D eigenvalue weighted by atomic mass is 10.1. The van der Waals surface area contributed by atoms with Crippen LogP contribution in [0.15, 0.2) is 36.5 Å². The highest BCUT2D eigenvalue weighted by atomic mass is 35.5. The molecular weight excluding hydrogens is 292 g/mol. The van der Waals surface area contributed by atoms with Crippen molar-refractivity contribution in [2.45, 2.75) is 0 Å². The molecule has 1 aromatic heterocycles. The van der Waals surface area contributed by atoms with Crippen LogP contribution in [-0.4, -0.2) is 30.6 Å². The second kappa shape index (κ2) is 6.01. The summed E-state index contributed by atoms with van der Waals surface area (Å²) in [7, 11) is 4.64. The monoisotopic (exact) mass is 306 g/mol. The zero-order chi connectivity index (χ0) is 15.6. The molecule has 0 unspecified atom stereocenters. The number of aromatic nitrogens is 1. The number of para-hydroxylation sites is 1. The summed E-state index contributed by atoms with van der Waals surface area (Å²) in [6, 6.07) is 8.36. The first-order chi connectivity index (χ1) is 9.95. The molecule has 0 atom stereocenters. The Labute approximate surface area is 127 Å². The van der Waals surface area contributed by atoms with Gasteiger partial charge in [0.25, 0.3) is 5.91 Å². The highest BCUT2D eigenvalue weighted by Crippen LogP contribution is 2.23. The van der Waals surface area contributed by atoms with Crippen molar-refractivity contribution < 1.29 is 14.3 Å². The van der Waals surface area contributed by atoms with Gasteiger partial charge in [0.05, 0.1) is 23.4 Å². The number of hydrogen-bond acceptors (Lipinski definition) is 3. The number of esters is 1. The van der Waals surface area contributed by atoms with Crippen LogP contribution in [0.2, 0.25) is 5.02 Å². The third-order valence-corrected chi connectivity index (χ3v) is 3.37. The van der Waals surface area contributed by atoms with Gasteiger partial charge in [0.2, 0.25) is 0 Å². The molecule has 0 aliphatic carbocycles. The molecular formula is C15H15ClN2O3. The van der Waals surface area contributed by atoms with Crippen molar-refractivity contribution in [1.82, 2.24) is 4.57 Å². The Bertz CT molecular complexity index is 694. The molecule has 2 aromatic rings. The molecule has 1 heterocycles. The van der Waals surface area contributed by atoms with Crippen molar-refractivity contribution in [3.63, 3.8) is 0 Å². The van der Waals surface area contributed by atoms with E-state index < -0.39 is 5.97 Å². The molecule has 0 saturated carbocycles. The van der Waals surface area contributed by atoms with Crippen molar-refractivity contribution >= 4 is 29.2 Å². The topological polar surface area (TPSA) is 51.5 Å². The molecule has 0 bridgehead atoms. The largest absolute Gasteiger partial charge is 0.465 e. The number of halogens is 1. The number of nitrogens with zero attached hydrogens (tertiary/aromatic N) is 2. The predicted molar refractivity (Wildman–Crippen MR) is 80.9 cm³/mol. The van der Waals surface area contributed by atoms with E-state index in [1.165, 1.54) is 12.0 Å². The van der Waals surface area contributed by atoms with Gasteiger partial charge in [-0.3, -0.25) is 4.79 Å². The highest BCUT2D eigenvalue weighted by molar-refractivity contribution is 6.31. The summed E-state index contributed by atoms with van der Waals surface area (Å²) in [5, 5.41) is 0.482. The minimum absolute atomic E-state index is 0.263. The summed E-state index contributed by atoms with van der Waals surface area (Å²) in [4.78, 5) is 25.7. The molecule has 2 rings (SSSR count). The SMILES string of the molecule is COC(=O)c1ccccc1N(C)C(=O)c1cc(Cl)cn1C. The number of amides is 1. The number of hydrogen-bond donors (Lipinski definition) is 0. The standard InChI is InChI=1S/C15H15ClN2O3/c1-17-9-10(16)8-13(17)14(19)18(2)12-7-5-4-6-11(12)15(20)21-3/h4-9H,1-3H3. The van der Waals surface area contributed by atoms with Gasteiger partial charge < -0.3 is 14.2 Å². The number of methoxy groups -OCH3 is 1. The molecule has 0 spiro atoms. The lowest BCUT2D eigenvalue weighted by Crippen LogP contribution is -2.29. The minimum Gasteiger partial charge on any atom is -0.465 e. The molecule has 5 nitrogen and oxygen atoms in total. The maximum Gasteiger partial charge on any atom is 0.339 e. The van der Waals surface area contributed by atoms with Gasteiger partial charge in [-0.05, 0) is 18.2 Å². The smallest absolute Gasteiger partial charge is 0.339 e. The molecule has 21 heavy (non-hydrogen) atoms. The number of carbonyl (C=O) groups is 2. The number of ether oxygens (including phenoxy) is 1. The van der Waals surface area contributed by atoms with Crippen LogP contribution in [0.3, 0.4) is 0 Å². The van der Waals surface area contributed by atoms with E-state index in [1.54, 1.807) is 55.2 Å². The quantitative estimate of drug-likeness (QED) is 0.819. The van der Waals surface area contributed by atoms with Crippen molar-refractivity contribution in [3.8, 4) is 0 Å². The lowest BCUT2D eigenvalue weighted by molar-refractivity contribution is 0.0601. The van der Waals surface area contributed by atoms with E-state index in [-0.39, 0.29) is 5.91 Å². The first kappa shape index (κ1) is 15.1. The number of aryl methyl sites for hydroxylation is 1. The molecule has 0 fully saturated rings. The molecule has 1 amide bonds. The number of anilines is 1. The Balaban J connectivity index is 2.41. The van der Waals surface area contributed by atoms with Gasteiger partial charge in [0.15, 0.2) is 0 Å². The van der Waals surface area contributed by atoms with Crippen LogP contribution >= 0.6 is 11.6 Å². The third kappa shape index (κ3) is 2.92. The normalized spacial score (nSPS) is 10.3. The Morgan fingerprint density at radius 2 is 1.95 bits per heavy atom. The van der Waals surface area contributed by atoms with E-state index in [0.29, 0.717) is 22.0 Å². The third-order valence-electron chi connectivity index (χ3n) is 3.17. The number of rotatable bonds is 3. The molecule has 0 N–H and O–H groups in total. The van der Waals surface area contributed by atoms with E-state index in [1.807, 2.05) is 0 Å². The Morgan fingerprint density at radius 3 is 2.52 bits per heavy atom. The summed E-state index contributed by atoms with van der Waals surface area (Å²) >= 11 is 5.90. The van der Waals surface area contributed by atoms with Gasteiger partial charge in [0, 0.05) is 20.3 Å². The zero-order valence-corrected chi connectivity index (χ0v) is 12.7. The summed E-state index contributed by atoms with van der Waals surface area (Å²) in [5.41, 5.74) is 1.24. The van der Waals surface area contributed by atoms with Gasteiger partial charge >= 0.3 is 5.97 Å². The van der Waals surface area contributed by atoms with E-state index in [9.17, 15) is 9.59 Å². The summed E-state index contributed by atoms with van der Waals surface area (Å²) in [6.45, 7) is 0. The fraction of sp³-hybridized carbons (Fsp3) is 0.200. The van der Waals surface area contributed by atoms with E-state index >= 15 is 0 Å². The van der Waals surface area contributed by atoms with Crippen molar-refractivity contribution in [1.29, 1.82) is 0 Å². The molecule has 6 heteroatoms. The summed E-state index contributed by atoms with van der Waals surface area (Å²) in [5.74, 6) is -0.754. The average molecular weight is 307 g/mol. The first-order valence-electron chi connectivity index (χ1n) is 6.23. The molecule has 0 radical (unpaired) electrons. The van der Waals surface area contributed by atoms with E-state index in [2.05, 4.69) is 0 Å². The fourth-order valence-corrected chi connectivity index (χ4v) is 2.32. The second-order valence-electron chi connectivity index (χ2n) is 4.53. The summed E-state index contributed by atoms with van der Waals surface area (Å²) < 4.78 is 6.38. The second-order valence-corrected chi connectivity index (χ2v) is 4.96. The number of benzene rings is 1. The minimum atomic E-state index is -0.491. The van der Waals surface area contributed by atoms with Crippen LogP contribution in [-0.2, 0) is 11.8 Å². The van der Waals surface area contributed by atoms with Crippen LogP contribution in [0.5, 0.6) is 0 Å². The van der Waals surface area contributed by atoms with Gasteiger partial charge in [-0.25, -0.2) is 4.79 Å². The van der Waals surface area contributed by atoms with Gasteiger partial charge in [-0.15, -0.1) is 0 Å². The predicted octanol–water partition coefficient (Wildman–Crippen LogP) is 2.74. The molecule has 0 aliphatic rings. The van der Waals surface area contributed by atoms with Crippen molar-refractivity contribution in [2.75, 3.05) is 19.1 Å². The van der Waals surface area contributed by atoms with Gasteiger partial charge in [-0.1, -0.05) is 23.7 Å². The molecule has 0 aliphatic heterocycles. The fourth-order valence-electron chi connectivity index (χ4n) is 2.07. The Hall–Kier alpha value is -2.27. The van der Waals surface area contributed by atoms with Crippen LogP contribution in [0, 0.1) is 0 Å². The van der Waals surface area contributed by atoms with E-state index in [0.717, 1.165) is 0 Å². The first-order valence-corrected chi connectivity index (χ1v) is 6.60. The highest BCUT2D eigenvalue weighted by Gasteiger charge is 2.21. The average Bonchev–Trinajstić information content (AvgIpc) is 2.83. The van der Waals surface area contributed by atoms with Crippen LogP contribution in [0.1, 0.15) is 20.8 Å². The van der Waals surface area contributed by atoms with E-state index in [4.69, 9.17) is 16.3 Å². The Kier molecular flexibility index (Phi) is 4.33. The van der Waals surface area contributed by atoms with Crippen LogP contribution in [0.25, 0.3) is 0 Å². The van der Waals surface area contributed by atoms with Crippen LogP contribution in [0.4, 0.5) is 5.69 Å². The molecule has 110 valence electrons. The maximum atomic E-state index is 12.5. The Morgan fingerprint density at radius 1 is 1.29 bits per heavy atom. The summed E-state index contributed by atoms with van der Waals surface area (Å²) in [6.07, 6.45) is 1.65. The lowest BCUT2D eigenvalue weighted by Gasteiger charge is -2.20. The van der Waals surface area contributed by atoms with Gasteiger partial charge in [-0.2, -0.15) is 0 Å². The van der Waals surface area contributed by atoms with Crippen molar-refractivity contribution in [3.05, 3.63) is 52.8 Å². The van der Waals surface area contributed by atoms with Crippen LogP contribution < -0.4 is 4.90 Å².